The molecule has 4 heteroatoms. The van der Waals surface area contributed by atoms with Crippen molar-refractivity contribution in [1.29, 1.82) is 0 Å². The quantitative estimate of drug-likeness (QED) is 0.764. The topological polar surface area (TPSA) is 33.6 Å². The molecule has 0 spiro atoms. The molecule has 3 aromatic rings. The summed E-state index contributed by atoms with van der Waals surface area (Å²) >= 11 is 6.10. The van der Waals surface area contributed by atoms with Crippen molar-refractivity contribution < 1.29 is 4.84 Å². The molecular formula is C20H15ClN2O. The van der Waals surface area contributed by atoms with E-state index in [1.54, 1.807) is 0 Å². The summed E-state index contributed by atoms with van der Waals surface area (Å²) in [5.74, 6) is 0.658. The highest BCUT2D eigenvalue weighted by Crippen LogP contribution is 2.37. The lowest BCUT2D eigenvalue weighted by Gasteiger charge is -2.24. The fourth-order valence-corrected chi connectivity index (χ4v) is 3.02. The molecule has 1 aliphatic rings. The largest absolute Gasteiger partial charge is 0.245 e. The molecule has 4 rings (SSSR count). The van der Waals surface area contributed by atoms with Crippen LogP contribution in [-0.2, 0) is 10.6 Å². The Balaban J connectivity index is 1.87. The Kier molecular flexibility index (Phi) is 3.81. The van der Waals surface area contributed by atoms with Gasteiger partial charge in [0.05, 0.1) is 0 Å². The molecule has 118 valence electrons. The van der Waals surface area contributed by atoms with Crippen LogP contribution < -0.4 is 5.48 Å². The number of hydrogen-bond donors (Lipinski definition) is 1. The molecule has 1 N–H and O–H groups in total. The fraction of sp³-hybridized carbons (Fsp3) is 0.0500. The van der Waals surface area contributed by atoms with Gasteiger partial charge in [0.15, 0.2) is 5.84 Å². The van der Waals surface area contributed by atoms with Crippen LogP contribution in [0.5, 0.6) is 0 Å². The van der Waals surface area contributed by atoms with Crippen LogP contribution >= 0.6 is 11.6 Å². The Morgan fingerprint density at radius 1 is 0.792 bits per heavy atom. The molecule has 0 fully saturated rings. The molecule has 0 unspecified atom stereocenters. The Bertz CT molecular complexity index is 839. The number of aliphatic imine (C=N–C) groups is 1. The molecule has 0 aromatic heterocycles. The van der Waals surface area contributed by atoms with Crippen molar-refractivity contribution in [2.75, 3.05) is 0 Å². The highest BCUT2D eigenvalue weighted by atomic mass is 35.5. The predicted octanol–water partition coefficient (Wildman–Crippen LogP) is 4.52. The van der Waals surface area contributed by atoms with Gasteiger partial charge in [0, 0.05) is 21.7 Å². The van der Waals surface area contributed by atoms with Crippen molar-refractivity contribution in [3.63, 3.8) is 0 Å². The van der Waals surface area contributed by atoms with Gasteiger partial charge in [-0.15, -0.1) is 0 Å². The molecule has 0 bridgehead atoms. The van der Waals surface area contributed by atoms with Gasteiger partial charge < -0.3 is 0 Å². The van der Waals surface area contributed by atoms with Gasteiger partial charge in [0.1, 0.15) is 0 Å². The second-order valence-electron chi connectivity index (χ2n) is 5.55. The molecule has 0 atom stereocenters. The summed E-state index contributed by atoms with van der Waals surface area (Å²) < 4.78 is 0. The fourth-order valence-electron chi connectivity index (χ4n) is 2.83. The lowest BCUT2D eigenvalue weighted by molar-refractivity contribution is -0.0286. The highest BCUT2D eigenvalue weighted by Gasteiger charge is 2.41. The average molecular weight is 335 g/mol. The summed E-state index contributed by atoms with van der Waals surface area (Å²) in [6, 6.07) is 27.5. The molecule has 0 amide bonds. The third-order valence-corrected chi connectivity index (χ3v) is 4.23. The van der Waals surface area contributed by atoms with E-state index in [-0.39, 0.29) is 0 Å². The first-order valence-electron chi connectivity index (χ1n) is 7.69. The lowest BCUT2D eigenvalue weighted by atomic mass is 9.95. The van der Waals surface area contributed by atoms with Crippen LogP contribution in [0.1, 0.15) is 16.7 Å². The number of rotatable bonds is 3. The van der Waals surface area contributed by atoms with E-state index >= 15 is 0 Å². The first kappa shape index (κ1) is 14.9. The smallest absolute Gasteiger partial charge is 0.238 e. The summed E-state index contributed by atoms with van der Waals surface area (Å²) in [4.78, 5) is 10.9. The SMILES string of the molecule is Clc1cccc(C2=NC(c3ccccc3)(c3ccccc3)ON2)c1. The van der Waals surface area contributed by atoms with Crippen molar-refractivity contribution in [3.05, 3.63) is 107 Å². The van der Waals surface area contributed by atoms with Gasteiger partial charge in [-0.3, -0.25) is 0 Å². The van der Waals surface area contributed by atoms with Gasteiger partial charge in [-0.1, -0.05) is 84.4 Å². The number of nitrogens with one attached hydrogen (secondary N) is 1. The zero-order valence-corrected chi connectivity index (χ0v) is 13.6. The zero-order valence-electron chi connectivity index (χ0n) is 12.8. The summed E-state index contributed by atoms with van der Waals surface area (Å²) in [6.45, 7) is 0. The van der Waals surface area contributed by atoms with Gasteiger partial charge in [0.25, 0.3) is 0 Å². The first-order chi connectivity index (χ1) is 11.8. The molecule has 0 radical (unpaired) electrons. The first-order valence-corrected chi connectivity index (χ1v) is 8.07. The third-order valence-electron chi connectivity index (χ3n) is 3.99. The van der Waals surface area contributed by atoms with Gasteiger partial charge in [-0.25, -0.2) is 15.3 Å². The molecule has 24 heavy (non-hydrogen) atoms. The maximum Gasteiger partial charge on any atom is 0.238 e. The van der Waals surface area contributed by atoms with Crippen molar-refractivity contribution in [3.8, 4) is 0 Å². The van der Waals surface area contributed by atoms with Gasteiger partial charge in [-0.2, -0.15) is 0 Å². The van der Waals surface area contributed by atoms with E-state index in [0.717, 1.165) is 16.7 Å². The Hall–Kier alpha value is -2.62. The number of nitrogens with zero attached hydrogens (tertiary/aromatic N) is 1. The lowest BCUT2D eigenvalue weighted by Crippen LogP contribution is -2.29. The van der Waals surface area contributed by atoms with Crippen LogP contribution in [0.3, 0.4) is 0 Å². The van der Waals surface area contributed by atoms with E-state index in [1.807, 2.05) is 84.9 Å². The van der Waals surface area contributed by atoms with Crippen molar-refractivity contribution in [2.45, 2.75) is 5.72 Å². The number of benzene rings is 3. The van der Waals surface area contributed by atoms with E-state index in [4.69, 9.17) is 21.4 Å². The molecule has 3 nitrogen and oxygen atoms in total. The summed E-state index contributed by atoms with van der Waals surface area (Å²) in [7, 11) is 0. The Morgan fingerprint density at radius 2 is 1.42 bits per heavy atom. The Morgan fingerprint density at radius 3 is 2.00 bits per heavy atom. The molecule has 0 saturated heterocycles. The molecule has 3 aromatic carbocycles. The molecule has 1 heterocycles. The molecule has 0 aliphatic carbocycles. The third kappa shape index (κ3) is 2.58. The summed E-state index contributed by atoms with van der Waals surface area (Å²) in [6.07, 6.45) is 0. The van der Waals surface area contributed by atoms with Crippen LogP contribution in [0.25, 0.3) is 0 Å². The van der Waals surface area contributed by atoms with Crippen LogP contribution in [0.4, 0.5) is 0 Å². The maximum absolute atomic E-state index is 6.10. The number of halogens is 1. The Labute approximate surface area is 145 Å². The normalized spacial score (nSPS) is 15.6. The van der Waals surface area contributed by atoms with Crippen molar-refractivity contribution in [1.82, 2.24) is 5.48 Å². The van der Waals surface area contributed by atoms with E-state index in [0.29, 0.717) is 10.9 Å². The van der Waals surface area contributed by atoms with Gasteiger partial charge in [-0.05, 0) is 12.1 Å². The van der Waals surface area contributed by atoms with Crippen LogP contribution in [0, 0.1) is 0 Å². The number of amidine groups is 1. The summed E-state index contributed by atoms with van der Waals surface area (Å²) in [5, 5.41) is 0.661. The minimum Gasteiger partial charge on any atom is -0.245 e. The van der Waals surface area contributed by atoms with Crippen LogP contribution in [0.2, 0.25) is 5.02 Å². The predicted molar refractivity (Wildman–Crippen MR) is 95.9 cm³/mol. The van der Waals surface area contributed by atoms with E-state index in [9.17, 15) is 0 Å². The standard InChI is InChI=1S/C20H15ClN2O/c21-18-13-7-8-15(14-18)19-22-20(24-23-19,16-9-3-1-4-10-16)17-11-5-2-6-12-17/h1-14H,(H,22,23). The highest BCUT2D eigenvalue weighted by molar-refractivity contribution is 6.31. The van der Waals surface area contributed by atoms with Crippen LogP contribution in [0.15, 0.2) is 89.9 Å². The van der Waals surface area contributed by atoms with Crippen molar-refractivity contribution in [2.24, 2.45) is 4.99 Å². The minimum atomic E-state index is -0.916. The molecule has 1 aliphatic heterocycles. The monoisotopic (exact) mass is 334 g/mol. The van der Waals surface area contributed by atoms with E-state index in [2.05, 4.69) is 5.48 Å². The second-order valence-corrected chi connectivity index (χ2v) is 5.99. The molecular weight excluding hydrogens is 320 g/mol. The zero-order chi connectivity index (χ0) is 16.4. The van der Waals surface area contributed by atoms with Gasteiger partial charge >= 0.3 is 0 Å². The van der Waals surface area contributed by atoms with E-state index in [1.165, 1.54) is 0 Å². The average Bonchev–Trinajstić information content (AvgIpc) is 3.10. The molecule has 0 saturated carbocycles. The van der Waals surface area contributed by atoms with Crippen molar-refractivity contribution >= 4 is 17.4 Å². The number of hydrogen-bond acceptors (Lipinski definition) is 3. The van der Waals surface area contributed by atoms with Crippen LogP contribution in [-0.4, -0.2) is 5.84 Å². The number of hydroxylamine groups is 1. The summed E-state index contributed by atoms with van der Waals surface area (Å²) in [5.41, 5.74) is 4.87. The maximum atomic E-state index is 6.10. The van der Waals surface area contributed by atoms with E-state index < -0.39 is 5.72 Å². The second kappa shape index (κ2) is 6.11. The minimum absolute atomic E-state index is 0.658. The van der Waals surface area contributed by atoms with Gasteiger partial charge in [0.2, 0.25) is 5.72 Å².